The summed E-state index contributed by atoms with van der Waals surface area (Å²) in [7, 11) is 0. The molecular formula is C16H23F2NO. The molecule has 1 saturated heterocycles. The van der Waals surface area contributed by atoms with Crippen molar-refractivity contribution in [3.63, 3.8) is 0 Å². The van der Waals surface area contributed by atoms with Crippen molar-refractivity contribution in [1.29, 1.82) is 0 Å². The molecule has 0 amide bonds. The average Bonchev–Trinajstić information content (AvgIpc) is 2.48. The summed E-state index contributed by atoms with van der Waals surface area (Å²) in [6.45, 7) is 5.09. The highest BCUT2D eigenvalue weighted by atomic mass is 19.2. The third kappa shape index (κ3) is 3.55. The molecule has 1 fully saturated rings. The van der Waals surface area contributed by atoms with Gasteiger partial charge in [0.25, 0.3) is 0 Å². The monoisotopic (exact) mass is 283 g/mol. The summed E-state index contributed by atoms with van der Waals surface area (Å²) in [5.41, 5.74) is 0.840. The van der Waals surface area contributed by atoms with Crippen LogP contribution in [0, 0.1) is 17.0 Å². The molecule has 1 aromatic carbocycles. The van der Waals surface area contributed by atoms with Gasteiger partial charge in [0.05, 0.1) is 0 Å². The van der Waals surface area contributed by atoms with Crippen LogP contribution < -0.4 is 0 Å². The summed E-state index contributed by atoms with van der Waals surface area (Å²) >= 11 is 0. The predicted octanol–water partition coefficient (Wildman–Crippen LogP) is 2.99. The van der Waals surface area contributed by atoms with Gasteiger partial charge in [-0.15, -0.1) is 0 Å². The van der Waals surface area contributed by atoms with Crippen LogP contribution in [0.4, 0.5) is 8.78 Å². The molecule has 112 valence electrons. The van der Waals surface area contributed by atoms with Crippen molar-refractivity contribution >= 4 is 0 Å². The number of hydrogen-bond acceptors (Lipinski definition) is 2. The SMILES string of the molecule is CCC1(CO)CCCN(CCc2ccc(F)c(F)c2)C1. The lowest BCUT2D eigenvalue weighted by atomic mass is 9.78. The molecule has 4 heteroatoms. The van der Waals surface area contributed by atoms with Gasteiger partial charge in [-0.1, -0.05) is 13.0 Å². The number of aliphatic hydroxyl groups is 1. The van der Waals surface area contributed by atoms with Gasteiger partial charge in [0.1, 0.15) is 0 Å². The highest BCUT2D eigenvalue weighted by Crippen LogP contribution is 2.32. The van der Waals surface area contributed by atoms with Crippen LogP contribution in [0.15, 0.2) is 18.2 Å². The van der Waals surface area contributed by atoms with E-state index < -0.39 is 11.6 Å². The normalized spacial score (nSPS) is 24.0. The van der Waals surface area contributed by atoms with E-state index in [1.54, 1.807) is 6.07 Å². The number of piperidine rings is 1. The fourth-order valence-corrected chi connectivity index (χ4v) is 3.01. The van der Waals surface area contributed by atoms with Crippen LogP contribution >= 0.6 is 0 Å². The van der Waals surface area contributed by atoms with Crippen LogP contribution in [-0.4, -0.2) is 36.2 Å². The van der Waals surface area contributed by atoms with E-state index >= 15 is 0 Å². The second-order valence-corrected chi connectivity index (χ2v) is 5.89. The van der Waals surface area contributed by atoms with Crippen LogP contribution in [0.2, 0.25) is 0 Å². The number of likely N-dealkylation sites (tertiary alicyclic amines) is 1. The zero-order chi connectivity index (χ0) is 14.6. The summed E-state index contributed by atoms with van der Waals surface area (Å²) in [6.07, 6.45) is 3.85. The number of halogens is 2. The Morgan fingerprint density at radius 2 is 2.10 bits per heavy atom. The highest BCUT2D eigenvalue weighted by molar-refractivity contribution is 5.18. The highest BCUT2D eigenvalue weighted by Gasteiger charge is 2.32. The van der Waals surface area contributed by atoms with Gasteiger partial charge in [0.2, 0.25) is 0 Å². The zero-order valence-electron chi connectivity index (χ0n) is 12.0. The number of rotatable bonds is 5. The minimum atomic E-state index is -0.794. The van der Waals surface area contributed by atoms with Crippen molar-refractivity contribution in [2.75, 3.05) is 26.2 Å². The van der Waals surface area contributed by atoms with Crippen molar-refractivity contribution in [2.45, 2.75) is 32.6 Å². The van der Waals surface area contributed by atoms with Gasteiger partial charge in [-0.25, -0.2) is 8.78 Å². The van der Waals surface area contributed by atoms with E-state index in [1.165, 1.54) is 12.1 Å². The summed E-state index contributed by atoms with van der Waals surface area (Å²) in [5.74, 6) is -1.57. The number of hydrogen-bond donors (Lipinski definition) is 1. The largest absolute Gasteiger partial charge is 0.396 e. The molecule has 1 heterocycles. The second-order valence-electron chi connectivity index (χ2n) is 5.89. The second kappa shape index (κ2) is 6.64. The smallest absolute Gasteiger partial charge is 0.159 e. The van der Waals surface area contributed by atoms with Gasteiger partial charge in [-0.2, -0.15) is 0 Å². The van der Waals surface area contributed by atoms with E-state index in [0.29, 0.717) is 6.42 Å². The predicted molar refractivity (Wildman–Crippen MR) is 75.5 cm³/mol. The molecule has 0 saturated carbocycles. The third-order valence-corrected chi connectivity index (χ3v) is 4.53. The molecule has 1 unspecified atom stereocenters. The maximum absolute atomic E-state index is 13.2. The Bertz CT molecular complexity index is 446. The number of benzene rings is 1. The first kappa shape index (κ1) is 15.4. The Morgan fingerprint density at radius 1 is 1.30 bits per heavy atom. The average molecular weight is 283 g/mol. The molecule has 1 aliphatic rings. The maximum Gasteiger partial charge on any atom is 0.159 e. The Balaban J connectivity index is 1.91. The van der Waals surface area contributed by atoms with Gasteiger partial charge in [-0.3, -0.25) is 0 Å². The van der Waals surface area contributed by atoms with E-state index in [4.69, 9.17) is 0 Å². The molecule has 20 heavy (non-hydrogen) atoms. The summed E-state index contributed by atoms with van der Waals surface area (Å²) in [6, 6.07) is 4.10. The molecule has 1 atom stereocenters. The Hall–Kier alpha value is -1.00. The first-order valence-electron chi connectivity index (χ1n) is 7.36. The lowest BCUT2D eigenvalue weighted by molar-refractivity contribution is 0.0298. The lowest BCUT2D eigenvalue weighted by Crippen LogP contribution is -2.45. The van der Waals surface area contributed by atoms with Crippen LogP contribution in [0.3, 0.4) is 0 Å². The molecule has 1 aromatic rings. The molecule has 0 aromatic heterocycles. The van der Waals surface area contributed by atoms with Gasteiger partial charge in [-0.05, 0) is 49.9 Å². The van der Waals surface area contributed by atoms with Gasteiger partial charge < -0.3 is 10.0 Å². The number of nitrogens with zero attached hydrogens (tertiary/aromatic N) is 1. The quantitative estimate of drug-likeness (QED) is 0.898. The third-order valence-electron chi connectivity index (χ3n) is 4.53. The van der Waals surface area contributed by atoms with E-state index in [-0.39, 0.29) is 12.0 Å². The van der Waals surface area contributed by atoms with Gasteiger partial charge in [0.15, 0.2) is 11.6 Å². The molecule has 0 bridgehead atoms. The van der Waals surface area contributed by atoms with Crippen molar-refractivity contribution in [1.82, 2.24) is 4.90 Å². The first-order chi connectivity index (χ1) is 9.58. The molecule has 1 aliphatic heterocycles. The molecule has 0 aliphatic carbocycles. The van der Waals surface area contributed by atoms with Crippen LogP contribution in [-0.2, 0) is 6.42 Å². The Kier molecular flexibility index (Phi) is 5.11. The van der Waals surface area contributed by atoms with Crippen LogP contribution in [0.5, 0.6) is 0 Å². The first-order valence-corrected chi connectivity index (χ1v) is 7.36. The summed E-state index contributed by atoms with van der Waals surface area (Å²) in [5, 5.41) is 9.59. The fraction of sp³-hybridized carbons (Fsp3) is 0.625. The summed E-state index contributed by atoms with van der Waals surface area (Å²) in [4.78, 5) is 2.32. The number of aliphatic hydroxyl groups excluding tert-OH is 1. The van der Waals surface area contributed by atoms with Gasteiger partial charge in [0, 0.05) is 25.1 Å². The minimum Gasteiger partial charge on any atom is -0.396 e. The van der Waals surface area contributed by atoms with Gasteiger partial charge >= 0.3 is 0 Å². The zero-order valence-corrected chi connectivity index (χ0v) is 12.0. The standard InChI is InChI=1S/C16H23F2NO/c1-2-16(12-20)7-3-8-19(11-16)9-6-13-4-5-14(17)15(18)10-13/h4-5,10,20H,2-3,6-9,11-12H2,1H3. The topological polar surface area (TPSA) is 23.5 Å². The van der Waals surface area contributed by atoms with E-state index in [1.807, 2.05) is 0 Å². The van der Waals surface area contributed by atoms with E-state index in [0.717, 1.165) is 44.5 Å². The Morgan fingerprint density at radius 3 is 2.75 bits per heavy atom. The lowest BCUT2D eigenvalue weighted by Gasteiger charge is -2.41. The maximum atomic E-state index is 13.2. The van der Waals surface area contributed by atoms with Crippen LogP contribution in [0.25, 0.3) is 0 Å². The van der Waals surface area contributed by atoms with Crippen LogP contribution in [0.1, 0.15) is 31.7 Å². The van der Waals surface area contributed by atoms with Crippen molar-refractivity contribution in [3.05, 3.63) is 35.4 Å². The van der Waals surface area contributed by atoms with Crippen molar-refractivity contribution in [3.8, 4) is 0 Å². The molecule has 1 N–H and O–H groups in total. The van der Waals surface area contributed by atoms with Crippen molar-refractivity contribution < 1.29 is 13.9 Å². The summed E-state index contributed by atoms with van der Waals surface area (Å²) < 4.78 is 26.0. The molecule has 2 nitrogen and oxygen atoms in total. The van der Waals surface area contributed by atoms with E-state index in [2.05, 4.69) is 11.8 Å². The Labute approximate surface area is 119 Å². The fourth-order valence-electron chi connectivity index (χ4n) is 3.01. The molecule has 2 rings (SSSR count). The molecular weight excluding hydrogens is 260 g/mol. The molecule has 0 radical (unpaired) electrons. The molecule has 0 spiro atoms. The van der Waals surface area contributed by atoms with E-state index in [9.17, 15) is 13.9 Å². The van der Waals surface area contributed by atoms with Crippen molar-refractivity contribution in [2.24, 2.45) is 5.41 Å². The minimum absolute atomic E-state index is 0.0201.